The summed E-state index contributed by atoms with van der Waals surface area (Å²) in [6.45, 7) is 4.03. The van der Waals surface area contributed by atoms with Gasteiger partial charge >= 0.3 is 0 Å². The molecule has 2 N–H and O–H groups in total. The Balaban J connectivity index is 0.00000259. The van der Waals surface area contributed by atoms with Crippen molar-refractivity contribution in [3.05, 3.63) is 75.1 Å². The van der Waals surface area contributed by atoms with Gasteiger partial charge in [-0.05, 0) is 38.0 Å². The van der Waals surface area contributed by atoms with Gasteiger partial charge in [-0.15, -0.1) is 0 Å². The number of nitrogens with two attached hydrogens (primary N) is 1. The summed E-state index contributed by atoms with van der Waals surface area (Å²) in [5.41, 5.74) is 7.88. The van der Waals surface area contributed by atoms with E-state index in [1.165, 1.54) is 17.6 Å². The van der Waals surface area contributed by atoms with Crippen molar-refractivity contribution < 1.29 is 4.79 Å². The van der Waals surface area contributed by atoms with E-state index in [0.29, 0.717) is 34.3 Å². The molecule has 0 radical (unpaired) electrons. The number of hydrogen-bond acceptors (Lipinski definition) is 7. The predicted octanol–water partition coefficient (Wildman–Crippen LogP) is 3.09. The summed E-state index contributed by atoms with van der Waals surface area (Å²) >= 11 is 6.30. The fraction of sp³-hybridized carbons (Fsp3) is 0.227. The fourth-order valence-electron chi connectivity index (χ4n) is 4.07. The molecule has 9 nitrogen and oxygen atoms in total. The Hall–Kier alpha value is -3.37. The average molecular weight is 484 g/mol. The van der Waals surface area contributed by atoms with Crippen LogP contribution in [0.3, 0.4) is 0 Å². The molecule has 33 heavy (non-hydrogen) atoms. The van der Waals surface area contributed by atoms with Crippen molar-refractivity contribution in [2.45, 2.75) is 26.3 Å². The lowest BCUT2D eigenvalue weighted by molar-refractivity contribution is 0.101. The third-order valence-electron chi connectivity index (χ3n) is 5.78. The minimum Gasteiger partial charge on any atom is -0.368 e. The van der Waals surface area contributed by atoms with Crippen molar-refractivity contribution in [2.24, 2.45) is 0 Å². The first-order chi connectivity index (χ1) is 15.4. The molecule has 11 heteroatoms. The Morgan fingerprint density at radius 2 is 2.00 bits per heavy atom. The van der Waals surface area contributed by atoms with E-state index in [9.17, 15) is 9.59 Å². The molecule has 0 unspecified atom stereocenters. The van der Waals surface area contributed by atoms with Crippen LogP contribution in [0.2, 0.25) is 5.02 Å². The number of aryl methyl sites for hydroxylation is 1. The number of Topliss-reactive ketones (excluding diaryl/α,β-unsaturated/α-hetero) is 1. The Kier molecular flexibility index (Phi) is 5.89. The number of carbonyl (C=O) groups is 1. The van der Waals surface area contributed by atoms with E-state index < -0.39 is 0 Å². The second-order valence-electron chi connectivity index (χ2n) is 7.76. The summed E-state index contributed by atoms with van der Waals surface area (Å²) < 4.78 is 3.11. The quantitative estimate of drug-likeness (QED) is 0.444. The van der Waals surface area contributed by atoms with Crippen LogP contribution in [-0.4, -0.2) is 36.5 Å². The summed E-state index contributed by atoms with van der Waals surface area (Å²) in [6.07, 6.45) is 3.82. The zero-order chi connectivity index (χ0) is 22.6. The SMILES string of the molecule is CC(=O)c1cnc(N)nc1N1CC[C@H]1c1nn2ccc(Cl)c2c(=O)n1-c1ccccc1C.S. The maximum Gasteiger partial charge on any atom is 0.284 e. The van der Waals surface area contributed by atoms with Crippen molar-refractivity contribution >= 4 is 48.2 Å². The van der Waals surface area contributed by atoms with Gasteiger partial charge in [0.2, 0.25) is 5.95 Å². The monoisotopic (exact) mass is 483 g/mol. The maximum absolute atomic E-state index is 13.6. The molecule has 1 fully saturated rings. The second-order valence-corrected chi connectivity index (χ2v) is 8.17. The first kappa shape index (κ1) is 22.8. The van der Waals surface area contributed by atoms with Crippen LogP contribution in [0.25, 0.3) is 11.2 Å². The molecule has 4 heterocycles. The number of rotatable bonds is 4. The van der Waals surface area contributed by atoms with Crippen molar-refractivity contribution in [1.82, 2.24) is 24.1 Å². The molecule has 1 saturated heterocycles. The Labute approximate surface area is 201 Å². The zero-order valence-electron chi connectivity index (χ0n) is 18.0. The van der Waals surface area contributed by atoms with Crippen LogP contribution < -0.4 is 16.2 Å². The van der Waals surface area contributed by atoms with Crippen LogP contribution in [0.5, 0.6) is 0 Å². The van der Waals surface area contributed by atoms with Crippen molar-refractivity contribution in [3.63, 3.8) is 0 Å². The molecule has 3 aromatic heterocycles. The molecule has 1 aliphatic rings. The number of para-hydroxylation sites is 1. The van der Waals surface area contributed by atoms with Crippen LogP contribution in [0, 0.1) is 6.92 Å². The number of nitrogen functional groups attached to an aromatic ring is 1. The number of carbonyl (C=O) groups excluding carboxylic acids is 1. The van der Waals surface area contributed by atoms with Crippen LogP contribution in [0.15, 0.2) is 47.5 Å². The van der Waals surface area contributed by atoms with Gasteiger partial charge in [0.15, 0.2) is 11.6 Å². The van der Waals surface area contributed by atoms with Crippen LogP contribution in [0.4, 0.5) is 11.8 Å². The number of aromatic nitrogens is 5. The van der Waals surface area contributed by atoms with Crippen LogP contribution >= 0.6 is 25.1 Å². The van der Waals surface area contributed by atoms with E-state index >= 15 is 0 Å². The summed E-state index contributed by atoms with van der Waals surface area (Å²) in [4.78, 5) is 36.0. The Bertz CT molecular complexity index is 1450. The van der Waals surface area contributed by atoms with Crippen LogP contribution in [-0.2, 0) is 0 Å². The summed E-state index contributed by atoms with van der Waals surface area (Å²) in [5, 5.41) is 5.10. The largest absolute Gasteiger partial charge is 0.368 e. The molecule has 0 bridgehead atoms. The van der Waals surface area contributed by atoms with Crippen molar-refractivity contribution in [3.8, 4) is 5.69 Å². The van der Waals surface area contributed by atoms with Gasteiger partial charge in [0.25, 0.3) is 5.56 Å². The first-order valence-electron chi connectivity index (χ1n) is 10.1. The van der Waals surface area contributed by atoms with E-state index in [0.717, 1.165) is 17.7 Å². The van der Waals surface area contributed by atoms with E-state index in [1.54, 1.807) is 16.8 Å². The lowest BCUT2D eigenvalue weighted by Crippen LogP contribution is -2.46. The number of anilines is 2. The molecule has 170 valence electrons. The molecule has 0 spiro atoms. The van der Waals surface area contributed by atoms with Gasteiger partial charge in [-0.2, -0.15) is 23.6 Å². The van der Waals surface area contributed by atoms with Gasteiger partial charge < -0.3 is 10.6 Å². The smallest absolute Gasteiger partial charge is 0.284 e. The first-order valence-corrected chi connectivity index (χ1v) is 10.5. The van der Waals surface area contributed by atoms with Gasteiger partial charge in [-0.3, -0.25) is 14.2 Å². The molecular weight excluding hydrogens is 462 g/mol. The highest BCUT2D eigenvalue weighted by Gasteiger charge is 2.37. The van der Waals surface area contributed by atoms with Gasteiger partial charge in [0, 0.05) is 18.9 Å². The van der Waals surface area contributed by atoms with Crippen molar-refractivity contribution in [2.75, 3.05) is 17.2 Å². The normalized spacial score (nSPS) is 15.2. The molecule has 5 rings (SSSR count). The van der Waals surface area contributed by atoms with E-state index in [4.69, 9.17) is 22.4 Å². The second kappa shape index (κ2) is 8.53. The van der Waals surface area contributed by atoms with Crippen LogP contribution in [0.1, 0.15) is 41.1 Å². The molecule has 0 amide bonds. The minimum atomic E-state index is -0.291. The number of benzene rings is 1. The molecular formula is C22H22ClN7O2S. The van der Waals surface area contributed by atoms with Gasteiger partial charge in [0.05, 0.1) is 22.3 Å². The number of nitrogens with zero attached hydrogens (tertiary/aromatic N) is 6. The summed E-state index contributed by atoms with van der Waals surface area (Å²) in [5.74, 6) is 0.884. The van der Waals surface area contributed by atoms with Gasteiger partial charge in [-0.25, -0.2) is 9.50 Å². The molecule has 0 saturated carbocycles. The fourth-order valence-corrected chi connectivity index (χ4v) is 4.30. The highest BCUT2D eigenvalue weighted by Crippen LogP contribution is 2.38. The highest BCUT2D eigenvalue weighted by atomic mass is 35.5. The topological polar surface area (TPSA) is 111 Å². The van der Waals surface area contributed by atoms with Gasteiger partial charge in [-0.1, -0.05) is 29.8 Å². The Morgan fingerprint density at radius 3 is 2.67 bits per heavy atom. The lowest BCUT2D eigenvalue weighted by Gasteiger charge is -2.42. The molecule has 1 atom stereocenters. The predicted molar refractivity (Wildman–Crippen MR) is 132 cm³/mol. The van der Waals surface area contributed by atoms with E-state index in [1.807, 2.05) is 36.1 Å². The lowest BCUT2D eigenvalue weighted by atomic mass is 10.00. The number of fused-ring (bicyclic) bond motifs is 1. The van der Waals surface area contributed by atoms with Crippen molar-refractivity contribution in [1.29, 1.82) is 0 Å². The minimum absolute atomic E-state index is 0. The maximum atomic E-state index is 13.6. The molecule has 4 aromatic rings. The number of ketones is 1. The molecule has 1 aliphatic heterocycles. The number of halogens is 1. The third kappa shape index (κ3) is 3.65. The highest BCUT2D eigenvalue weighted by molar-refractivity contribution is 7.59. The molecule has 1 aromatic carbocycles. The zero-order valence-corrected chi connectivity index (χ0v) is 19.7. The summed E-state index contributed by atoms with van der Waals surface area (Å²) in [7, 11) is 0. The van der Waals surface area contributed by atoms with E-state index in [2.05, 4.69) is 9.97 Å². The standard InChI is InChI=1S/C22H20ClN7O2.H2S/c1-12-5-3-4-6-16(12)30-20(27-29-10-7-15(23)18(29)21(30)32)17-8-9-28(17)19-14(13(2)31)11-25-22(24)26-19;/h3-7,10-11,17H,8-9H2,1-2H3,(H2,24,25,26);1H2/t17-;/m0./s1. The Morgan fingerprint density at radius 1 is 1.24 bits per heavy atom. The molecule has 0 aliphatic carbocycles. The third-order valence-corrected chi connectivity index (χ3v) is 6.08. The van der Waals surface area contributed by atoms with E-state index in [-0.39, 0.29) is 36.8 Å². The average Bonchev–Trinajstić information content (AvgIpc) is 3.09. The number of hydrogen-bond donors (Lipinski definition) is 1. The summed E-state index contributed by atoms with van der Waals surface area (Å²) in [6, 6.07) is 8.96. The van der Waals surface area contributed by atoms with Gasteiger partial charge in [0.1, 0.15) is 11.3 Å².